The highest BCUT2D eigenvalue weighted by atomic mass is 14.2. The second-order valence-electron chi connectivity index (χ2n) is 6.27. The van der Waals surface area contributed by atoms with Crippen LogP contribution in [0.15, 0.2) is 24.3 Å². The van der Waals surface area contributed by atoms with Crippen LogP contribution in [0.5, 0.6) is 0 Å². The van der Waals surface area contributed by atoms with Crippen molar-refractivity contribution in [3.05, 3.63) is 35.4 Å². The zero-order valence-corrected chi connectivity index (χ0v) is 12.8. The van der Waals surface area contributed by atoms with E-state index in [9.17, 15) is 0 Å². The molecule has 0 heteroatoms. The Labute approximate surface area is 114 Å². The van der Waals surface area contributed by atoms with Gasteiger partial charge in [0.25, 0.3) is 0 Å². The lowest BCUT2D eigenvalue weighted by Gasteiger charge is -2.25. The summed E-state index contributed by atoms with van der Waals surface area (Å²) in [6.07, 6.45) is 9.65. The predicted octanol–water partition coefficient (Wildman–Crippen LogP) is 6.02. The molecule has 0 aliphatic rings. The summed E-state index contributed by atoms with van der Waals surface area (Å²) >= 11 is 0. The molecule has 1 aromatic carbocycles. The molecule has 0 aliphatic heterocycles. The van der Waals surface area contributed by atoms with Crippen LogP contribution in [0.2, 0.25) is 0 Å². The van der Waals surface area contributed by atoms with E-state index in [1.54, 1.807) is 0 Å². The Morgan fingerprint density at radius 2 is 1.39 bits per heavy atom. The number of hydrogen-bond donors (Lipinski definition) is 0. The Morgan fingerprint density at radius 1 is 0.833 bits per heavy atom. The summed E-state index contributed by atoms with van der Waals surface area (Å²) in [6, 6.07) is 9.06. The smallest absolute Gasteiger partial charge is 0.0104 e. The number of rotatable bonds is 8. The predicted molar refractivity (Wildman–Crippen MR) is 82.2 cm³/mol. The van der Waals surface area contributed by atoms with Crippen LogP contribution in [0, 0.1) is 6.92 Å². The van der Waals surface area contributed by atoms with Crippen molar-refractivity contribution in [3.8, 4) is 0 Å². The van der Waals surface area contributed by atoms with Gasteiger partial charge in [0.1, 0.15) is 0 Å². The zero-order chi connectivity index (χ0) is 13.4. The van der Waals surface area contributed by atoms with Crippen LogP contribution in [0.25, 0.3) is 0 Å². The van der Waals surface area contributed by atoms with Crippen molar-refractivity contribution >= 4 is 0 Å². The SMILES string of the molecule is CCCCCCCCC(C)(C)c1ccc(C)cc1. The summed E-state index contributed by atoms with van der Waals surface area (Å²) in [7, 11) is 0. The minimum absolute atomic E-state index is 0.332. The van der Waals surface area contributed by atoms with E-state index in [1.807, 2.05) is 0 Å². The Balaban J connectivity index is 2.33. The van der Waals surface area contributed by atoms with Crippen molar-refractivity contribution in [1.29, 1.82) is 0 Å². The van der Waals surface area contributed by atoms with E-state index in [4.69, 9.17) is 0 Å². The van der Waals surface area contributed by atoms with Crippen LogP contribution in [-0.4, -0.2) is 0 Å². The first-order valence-electron chi connectivity index (χ1n) is 7.63. The number of hydrogen-bond acceptors (Lipinski definition) is 0. The van der Waals surface area contributed by atoms with Gasteiger partial charge < -0.3 is 0 Å². The van der Waals surface area contributed by atoms with E-state index in [2.05, 4.69) is 52.0 Å². The lowest BCUT2D eigenvalue weighted by atomic mass is 9.80. The molecule has 0 saturated carbocycles. The first kappa shape index (κ1) is 15.3. The molecule has 0 nitrogen and oxygen atoms in total. The average molecular weight is 246 g/mol. The Kier molecular flexibility index (Phi) is 6.46. The number of benzene rings is 1. The molecule has 0 amide bonds. The zero-order valence-electron chi connectivity index (χ0n) is 12.8. The third kappa shape index (κ3) is 5.25. The highest BCUT2D eigenvalue weighted by molar-refractivity contribution is 5.27. The third-order valence-electron chi connectivity index (χ3n) is 3.99. The summed E-state index contributed by atoms with van der Waals surface area (Å²) in [5.74, 6) is 0. The topological polar surface area (TPSA) is 0 Å². The molecular weight excluding hydrogens is 216 g/mol. The van der Waals surface area contributed by atoms with Crippen LogP contribution in [0.3, 0.4) is 0 Å². The van der Waals surface area contributed by atoms with Gasteiger partial charge >= 0.3 is 0 Å². The molecule has 0 spiro atoms. The number of aryl methyl sites for hydroxylation is 1. The molecule has 0 atom stereocenters. The minimum Gasteiger partial charge on any atom is -0.0654 e. The van der Waals surface area contributed by atoms with Crippen molar-refractivity contribution < 1.29 is 0 Å². The van der Waals surface area contributed by atoms with Gasteiger partial charge in [-0.2, -0.15) is 0 Å². The highest BCUT2D eigenvalue weighted by Gasteiger charge is 2.19. The maximum atomic E-state index is 2.38. The van der Waals surface area contributed by atoms with Crippen LogP contribution in [0.1, 0.15) is 76.8 Å². The van der Waals surface area contributed by atoms with Crippen LogP contribution >= 0.6 is 0 Å². The van der Waals surface area contributed by atoms with Gasteiger partial charge in [0, 0.05) is 0 Å². The Morgan fingerprint density at radius 3 is 2.00 bits per heavy atom. The molecule has 0 radical (unpaired) electrons. The molecule has 0 unspecified atom stereocenters. The summed E-state index contributed by atoms with van der Waals surface area (Å²) in [5.41, 5.74) is 3.18. The molecule has 18 heavy (non-hydrogen) atoms. The monoisotopic (exact) mass is 246 g/mol. The molecule has 0 bridgehead atoms. The largest absolute Gasteiger partial charge is 0.0654 e. The molecule has 0 heterocycles. The maximum Gasteiger partial charge on any atom is -0.0104 e. The second-order valence-corrected chi connectivity index (χ2v) is 6.27. The standard InChI is InChI=1S/C18H30/c1-5-6-7-8-9-10-15-18(3,4)17-13-11-16(2)12-14-17/h11-14H,5-10,15H2,1-4H3. The van der Waals surface area contributed by atoms with E-state index in [1.165, 1.54) is 56.1 Å². The minimum atomic E-state index is 0.332. The average Bonchev–Trinajstić information content (AvgIpc) is 2.34. The molecule has 0 aromatic heterocycles. The molecule has 0 fully saturated rings. The number of unbranched alkanes of at least 4 members (excludes halogenated alkanes) is 5. The quantitative estimate of drug-likeness (QED) is 0.492. The van der Waals surface area contributed by atoms with Crippen molar-refractivity contribution in [3.63, 3.8) is 0 Å². The van der Waals surface area contributed by atoms with Gasteiger partial charge in [0.2, 0.25) is 0 Å². The van der Waals surface area contributed by atoms with Gasteiger partial charge in [0.05, 0.1) is 0 Å². The molecule has 1 rings (SSSR count). The van der Waals surface area contributed by atoms with Crippen molar-refractivity contribution in [2.24, 2.45) is 0 Å². The van der Waals surface area contributed by atoms with Crippen molar-refractivity contribution in [2.45, 2.75) is 78.1 Å². The van der Waals surface area contributed by atoms with Crippen molar-refractivity contribution in [2.75, 3.05) is 0 Å². The normalized spacial score (nSPS) is 11.8. The fourth-order valence-corrected chi connectivity index (χ4v) is 2.50. The summed E-state index contributed by atoms with van der Waals surface area (Å²) in [6.45, 7) is 9.19. The van der Waals surface area contributed by atoms with Gasteiger partial charge in [-0.05, 0) is 24.3 Å². The lowest BCUT2D eigenvalue weighted by molar-refractivity contribution is 0.442. The molecule has 102 valence electrons. The molecule has 0 aliphatic carbocycles. The van der Waals surface area contributed by atoms with Gasteiger partial charge in [-0.3, -0.25) is 0 Å². The second kappa shape index (κ2) is 7.61. The van der Waals surface area contributed by atoms with Crippen molar-refractivity contribution in [1.82, 2.24) is 0 Å². The summed E-state index contributed by atoms with van der Waals surface area (Å²) in [5, 5.41) is 0. The maximum absolute atomic E-state index is 2.38. The highest BCUT2D eigenvalue weighted by Crippen LogP contribution is 2.29. The van der Waals surface area contributed by atoms with Crippen LogP contribution < -0.4 is 0 Å². The molecule has 0 saturated heterocycles. The van der Waals surface area contributed by atoms with Crippen LogP contribution in [-0.2, 0) is 5.41 Å². The van der Waals surface area contributed by atoms with Gasteiger partial charge in [-0.15, -0.1) is 0 Å². The van der Waals surface area contributed by atoms with E-state index < -0.39 is 0 Å². The van der Waals surface area contributed by atoms with Gasteiger partial charge in [0.15, 0.2) is 0 Å². The fourth-order valence-electron chi connectivity index (χ4n) is 2.50. The van der Waals surface area contributed by atoms with E-state index in [-0.39, 0.29) is 0 Å². The Hall–Kier alpha value is -0.780. The first-order valence-corrected chi connectivity index (χ1v) is 7.63. The van der Waals surface area contributed by atoms with Gasteiger partial charge in [-0.1, -0.05) is 89.1 Å². The lowest BCUT2D eigenvalue weighted by Crippen LogP contribution is -2.16. The Bertz CT molecular complexity index is 318. The first-order chi connectivity index (χ1) is 8.56. The molecular formula is C18H30. The molecule has 0 N–H and O–H groups in total. The van der Waals surface area contributed by atoms with E-state index in [0.717, 1.165) is 0 Å². The summed E-state index contributed by atoms with van der Waals surface area (Å²) < 4.78 is 0. The van der Waals surface area contributed by atoms with E-state index >= 15 is 0 Å². The van der Waals surface area contributed by atoms with Crippen LogP contribution in [0.4, 0.5) is 0 Å². The van der Waals surface area contributed by atoms with Gasteiger partial charge in [-0.25, -0.2) is 0 Å². The summed E-state index contributed by atoms with van der Waals surface area (Å²) in [4.78, 5) is 0. The third-order valence-corrected chi connectivity index (χ3v) is 3.99. The fraction of sp³-hybridized carbons (Fsp3) is 0.667. The molecule has 1 aromatic rings. The van der Waals surface area contributed by atoms with E-state index in [0.29, 0.717) is 5.41 Å².